The summed E-state index contributed by atoms with van der Waals surface area (Å²) >= 11 is 7.65. The Hall–Kier alpha value is -0.310. The first-order valence-electron chi connectivity index (χ1n) is 3.09. The van der Waals surface area contributed by atoms with Gasteiger partial charge >= 0.3 is 28.4 Å². The standard InChI is InChI=1S/C5Cl2F8O/c6-4(13,5(7,14)15)2(8,9)1(16)3(10,11)12. The van der Waals surface area contributed by atoms with Crippen LogP contribution in [0.25, 0.3) is 0 Å². The van der Waals surface area contributed by atoms with Crippen molar-refractivity contribution in [3.63, 3.8) is 0 Å². The highest BCUT2D eigenvalue weighted by atomic mass is 35.5. The molecule has 0 radical (unpaired) electrons. The van der Waals surface area contributed by atoms with Crippen molar-refractivity contribution in [2.24, 2.45) is 0 Å². The van der Waals surface area contributed by atoms with E-state index < -0.39 is 28.4 Å². The zero-order valence-electron chi connectivity index (χ0n) is 6.69. The normalized spacial score (nSPS) is 18.1. The zero-order valence-corrected chi connectivity index (χ0v) is 8.20. The Morgan fingerprint density at radius 1 is 0.812 bits per heavy atom. The second kappa shape index (κ2) is 3.86. The summed E-state index contributed by atoms with van der Waals surface area (Å²) < 4.78 is 96.0. The predicted octanol–water partition coefficient (Wildman–Crippen LogP) is 3.49. The van der Waals surface area contributed by atoms with Gasteiger partial charge in [0.2, 0.25) is 0 Å². The third-order valence-corrected chi connectivity index (χ3v) is 2.12. The molecular weight excluding hydrogens is 299 g/mol. The van der Waals surface area contributed by atoms with Crippen molar-refractivity contribution in [1.82, 2.24) is 0 Å². The van der Waals surface area contributed by atoms with Crippen LogP contribution < -0.4 is 0 Å². The lowest BCUT2D eigenvalue weighted by molar-refractivity contribution is -0.221. The fraction of sp³-hybridized carbons (Fsp3) is 0.800. The lowest BCUT2D eigenvalue weighted by atomic mass is 10.1. The van der Waals surface area contributed by atoms with E-state index in [1.165, 1.54) is 0 Å². The van der Waals surface area contributed by atoms with E-state index >= 15 is 0 Å². The summed E-state index contributed by atoms with van der Waals surface area (Å²) in [7, 11) is 0. The van der Waals surface area contributed by atoms with Gasteiger partial charge in [0.1, 0.15) is 0 Å². The van der Waals surface area contributed by atoms with Crippen molar-refractivity contribution >= 4 is 29.0 Å². The van der Waals surface area contributed by atoms with Crippen LogP contribution in [0.3, 0.4) is 0 Å². The van der Waals surface area contributed by atoms with Gasteiger partial charge in [0, 0.05) is 0 Å². The van der Waals surface area contributed by atoms with E-state index in [0.29, 0.717) is 0 Å². The van der Waals surface area contributed by atoms with Crippen LogP contribution in [0.15, 0.2) is 0 Å². The maximum Gasteiger partial charge on any atom is 0.456 e. The van der Waals surface area contributed by atoms with Crippen molar-refractivity contribution in [1.29, 1.82) is 0 Å². The van der Waals surface area contributed by atoms with Crippen LogP contribution in [0, 0.1) is 0 Å². The van der Waals surface area contributed by atoms with Crippen LogP contribution in [0.2, 0.25) is 0 Å². The summed E-state index contributed by atoms with van der Waals surface area (Å²) in [6.45, 7) is 0. The molecule has 1 unspecified atom stereocenters. The predicted molar refractivity (Wildman–Crippen MR) is 36.5 cm³/mol. The smallest absolute Gasteiger partial charge is 0.282 e. The van der Waals surface area contributed by atoms with E-state index in [4.69, 9.17) is 0 Å². The molecule has 1 nitrogen and oxygen atoms in total. The summed E-state index contributed by atoms with van der Waals surface area (Å²) in [5, 5.41) is -11.3. The summed E-state index contributed by atoms with van der Waals surface area (Å²) in [6, 6.07) is 0. The second-order valence-corrected chi connectivity index (χ2v) is 3.47. The third-order valence-electron chi connectivity index (χ3n) is 1.29. The molecule has 0 aromatic heterocycles. The molecule has 0 saturated heterocycles. The molecule has 0 N–H and O–H groups in total. The quantitative estimate of drug-likeness (QED) is 0.576. The monoisotopic (exact) mass is 298 g/mol. The van der Waals surface area contributed by atoms with E-state index in [-0.39, 0.29) is 0 Å². The molecule has 0 aromatic carbocycles. The van der Waals surface area contributed by atoms with Gasteiger partial charge in [0.05, 0.1) is 0 Å². The maximum atomic E-state index is 12.6. The van der Waals surface area contributed by atoms with Crippen LogP contribution in [0.1, 0.15) is 0 Å². The molecule has 0 aliphatic heterocycles. The maximum absolute atomic E-state index is 12.6. The van der Waals surface area contributed by atoms with Gasteiger partial charge in [-0.1, -0.05) is 11.6 Å². The first-order chi connectivity index (χ1) is 6.65. The highest BCUT2D eigenvalue weighted by molar-refractivity contribution is 6.34. The molecule has 16 heavy (non-hydrogen) atoms. The molecule has 0 amide bonds. The lowest BCUT2D eigenvalue weighted by Gasteiger charge is -2.29. The molecule has 0 rings (SSSR count). The molecule has 0 heterocycles. The van der Waals surface area contributed by atoms with Gasteiger partial charge in [0.15, 0.2) is 0 Å². The van der Waals surface area contributed by atoms with Gasteiger partial charge in [-0.2, -0.15) is 30.7 Å². The number of ketones is 1. The summed E-state index contributed by atoms with van der Waals surface area (Å²) in [4.78, 5) is 9.99. The Morgan fingerprint density at radius 2 is 1.12 bits per heavy atom. The first-order valence-corrected chi connectivity index (χ1v) is 3.85. The molecule has 11 heteroatoms. The Bertz CT molecular complexity index is 290. The Morgan fingerprint density at radius 3 is 1.31 bits per heavy atom. The molecular formula is C5Cl2F8O. The van der Waals surface area contributed by atoms with Crippen molar-refractivity contribution < 1.29 is 39.9 Å². The van der Waals surface area contributed by atoms with E-state index in [9.17, 15) is 39.9 Å². The molecule has 0 aromatic rings. The minimum atomic E-state index is -6.24. The van der Waals surface area contributed by atoms with Crippen LogP contribution in [-0.4, -0.2) is 28.4 Å². The van der Waals surface area contributed by atoms with Crippen LogP contribution in [0.4, 0.5) is 35.1 Å². The molecule has 0 aliphatic rings. The van der Waals surface area contributed by atoms with E-state index in [1.54, 1.807) is 0 Å². The van der Waals surface area contributed by atoms with E-state index in [2.05, 4.69) is 23.2 Å². The number of hydrogen-bond donors (Lipinski definition) is 0. The summed E-state index contributed by atoms with van der Waals surface area (Å²) in [5.41, 5.74) is 0. The molecule has 0 saturated carbocycles. The molecule has 0 aliphatic carbocycles. The van der Waals surface area contributed by atoms with Crippen molar-refractivity contribution in [3.05, 3.63) is 0 Å². The summed E-state index contributed by atoms with van der Waals surface area (Å²) in [6.07, 6.45) is -6.24. The first kappa shape index (κ1) is 15.7. The Balaban J connectivity index is 5.46. The topological polar surface area (TPSA) is 17.1 Å². The molecule has 96 valence electrons. The fourth-order valence-corrected chi connectivity index (χ4v) is 0.703. The molecule has 0 bridgehead atoms. The highest BCUT2D eigenvalue weighted by Crippen LogP contribution is 2.51. The fourth-order valence-electron chi connectivity index (χ4n) is 0.499. The average Bonchev–Trinajstić information content (AvgIpc) is 1.98. The van der Waals surface area contributed by atoms with Gasteiger partial charge < -0.3 is 0 Å². The van der Waals surface area contributed by atoms with E-state index in [1.807, 2.05) is 0 Å². The van der Waals surface area contributed by atoms with Crippen LogP contribution >= 0.6 is 23.2 Å². The molecule has 0 spiro atoms. The van der Waals surface area contributed by atoms with E-state index in [0.717, 1.165) is 0 Å². The Labute approximate surface area is 92.3 Å². The number of Topliss-reactive ketones (excluding diaryl/α,β-unsaturated/α-hetero) is 1. The average molecular weight is 299 g/mol. The zero-order chi connectivity index (χ0) is 13.6. The molecule has 0 fully saturated rings. The van der Waals surface area contributed by atoms with Crippen molar-refractivity contribution in [2.45, 2.75) is 22.6 Å². The Kier molecular flexibility index (Phi) is 3.79. The number of carbonyl (C=O) groups excluding carboxylic acids is 1. The SMILES string of the molecule is O=C(C(F)(F)F)C(F)(F)C(F)(Cl)C(F)(F)Cl. The van der Waals surface area contributed by atoms with Gasteiger partial charge in [-0.05, 0) is 11.6 Å². The lowest BCUT2D eigenvalue weighted by Crippen LogP contribution is -2.58. The molecule has 1 atom stereocenters. The van der Waals surface area contributed by atoms with Crippen LogP contribution in [0.5, 0.6) is 0 Å². The van der Waals surface area contributed by atoms with Gasteiger partial charge in [-0.3, -0.25) is 4.79 Å². The largest absolute Gasteiger partial charge is 0.456 e. The third kappa shape index (κ3) is 2.50. The minimum absolute atomic E-state index is 3.76. The number of alkyl halides is 10. The number of rotatable bonds is 3. The van der Waals surface area contributed by atoms with Crippen molar-refractivity contribution in [3.8, 4) is 0 Å². The van der Waals surface area contributed by atoms with Gasteiger partial charge in [0.25, 0.3) is 0 Å². The minimum Gasteiger partial charge on any atom is -0.282 e. The van der Waals surface area contributed by atoms with Gasteiger partial charge in [-0.25, -0.2) is 4.39 Å². The van der Waals surface area contributed by atoms with Crippen molar-refractivity contribution in [2.75, 3.05) is 0 Å². The number of halogens is 10. The number of carbonyl (C=O) groups is 1. The second-order valence-electron chi connectivity index (χ2n) is 2.47. The highest BCUT2D eigenvalue weighted by Gasteiger charge is 2.76. The van der Waals surface area contributed by atoms with Gasteiger partial charge in [-0.15, -0.1) is 0 Å². The summed E-state index contributed by atoms with van der Waals surface area (Å²) in [5.74, 6) is -10.3. The van der Waals surface area contributed by atoms with Crippen LogP contribution in [-0.2, 0) is 4.79 Å². The number of hydrogen-bond acceptors (Lipinski definition) is 1.